The van der Waals surface area contributed by atoms with Crippen LogP contribution in [-0.2, 0) is 4.43 Å². The highest BCUT2D eigenvalue weighted by Gasteiger charge is 2.38. The van der Waals surface area contributed by atoms with Gasteiger partial charge in [-0.15, -0.1) is 12.3 Å². The van der Waals surface area contributed by atoms with Gasteiger partial charge in [-0.25, -0.2) is 0 Å². The van der Waals surface area contributed by atoms with Crippen molar-refractivity contribution in [1.82, 2.24) is 0 Å². The fourth-order valence-corrected chi connectivity index (χ4v) is 2.57. The van der Waals surface area contributed by atoms with Gasteiger partial charge in [0.05, 0.1) is 6.10 Å². The molecule has 18 heavy (non-hydrogen) atoms. The van der Waals surface area contributed by atoms with E-state index in [2.05, 4.69) is 52.8 Å². The van der Waals surface area contributed by atoms with E-state index in [-0.39, 0.29) is 11.1 Å². The first-order valence-corrected chi connectivity index (χ1v) is 9.60. The average Bonchev–Trinajstić information content (AvgIpc) is 2.25. The summed E-state index contributed by atoms with van der Waals surface area (Å²) >= 11 is 0. The first kappa shape index (κ1) is 17.2. The van der Waals surface area contributed by atoms with Crippen molar-refractivity contribution in [2.75, 3.05) is 0 Å². The van der Waals surface area contributed by atoms with E-state index >= 15 is 0 Å². The fraction of sp³-hybridized carbons (Fsp3) is 0.625. The predicted octanol–water partition coefficient (Wildman–Crippen LogP) is 4.92. The molecule has 0 heterocycles. The van der Waals surface area contributed by atoms with Crippen LogP contribution in [0.4, 0.5) is 0 Å². The number of terminal acetylenes is 1. The Morgan fingerprint density at radius 1 is 1.28 bits per heavy atom. The molecule has 0 bridgehead atoms. The topological polar surface area (TPSA) is 9.23 Å². The highest BCUT2D eigenvalue weighted by Crippen LogP contribution is 2.37. The molecule has 0 N–H and O–H groups in total. The van der Waals surface area contributed by atoms with Crippen LogP contribution in [0.1, 0.15) is 40.5 Å². The molecule has 1 atom stereocenters. The third-order valence-corrected chi connectivity index (χ3v) is 7.97. The largest absolute Gasteiger partial charge is 0.411 e. The lowest BCUT2D eigenvalue weighted by Gasteiger charge is -2.38. The molecule has 0 amide bonds. The molecule has 0 saturated heterocycles. The van der Waals surface area contributed by atoms with Crippen LogP contribution in [0.3, 0.4) is 0 Å². The second-order valence-corrected chi connectivity index (χ2v) is 10.8. The number of hydrogen-bond acceptors (Lipinski definition) is 1. The van der Waals surface area contributed by atoms with Crippen molar-refractivity contribution in [3.8, 4) is 12.3 Å². The summed E-state index contributed by atoms with van der Waals surface area (Å²) in [7, 11) is -1.67. The van der Waals surface area contributed by atoms with Gasteiger partial charge in [-0.3, -0.25) is 0 Å². The maximum Gasteiger partial charge on any atom is 0.192 e. The van der Waals surface area contributed by atoms with Crippen molar-refractivity contribution in [3.05, 3.63) is 24.3 Å². The van der Waals surface area contributed by atoms with Crippen molar-refractivity contribution in [2.45, 2.75) is 64.8 Å². The first-order valence-electron chi connectivity index (χ1n) is 6.69. The third kappa shape index (κ3) is 6.23. The van der Waals surface area contributed by atoms with Gasteiger partial charge in [-0.2, -0.15) is 0 Å². The Morgan fingerprint density at radius 3 is 2.33 bits per heavy atom. The average molecular weight is 264 g/mol. The maximum absolute atomic E-state index is 6.34. The van der Waals surface area contributed by atoms with Crippen LogP contribution in [-0.4, -0.2) is 14.4 Å². The minimum Gasteiger partial charge on any atom is -0.411 e. The minimum absolute atomic E-state index is 0.210. The molecule has 2 heteroatoms. The van der Waals surface area contributed by atoms with E-state index in [1.165, 1.54) is 0 Å². The van der Waals surface area contributed by atoms with Gasteiger partial charge in [-0.1, -0.05) is 52.0 Å². The predicted molar refractivity (Wildman–Crippen MR) is 84.1 cm³/mol. The number of hydrogen-bond donors (Lipinski definition) is 0. The second-order valence-electron chi connectivity index (χ2n) is 6.05. The van der Waals surface area contributed by atoms with Gasteiger partial charge < -0.3 is 4.43 Å². The molecule has 0 aromatic rings. The molecule has 0 aliphatic rings. The van der Waals surface area contributed by atoms with Gasteiger partial charge in [0.15, 0.2) is 8.32 Å². The third-order valence-electron chi connectivity index (χ3n) is 3.46. The molecule has 0 aliphatic carbocycles. The molecule has 0 fully saturated rings. The van der Waals surface area contributed by atoms with Crippen LogP contribution in [0.25, 0.3) is 0 Å². The van der Waals surface area contributed by atoms with Gasteiger partial charge in [0, 0.05) is 6.42 Å². The van der Waals surface area contributed by atoms with Crippen molar-refractivity contribution >= 4 is 8.32 Å². The maximum atomic E-state index is 6.34. The second kappa shape index (κ2) is 7.61. The molecule has 0 saturated carbocycles. The molecule has 0 aromatic carbocycles. The van der Waals surface area contributed by atoms with Crippen LogP contribution in [0.5, 0.6) is 0 Å². The summed E-state index contributed by atoms with van der Waals surface area (Å²) in [6.07, 6.45) is 15.2. The Bertz CT molecular complexity index is 326. The van der Waals surface area contributed by atoms with Gasteiger partial charge in [0.2, 0.25) is 0 Å². The van der Waals surface area contributed by atoms with Crippen molar-refractivity contribution in [1.29, 1.82) is 0 Å². The zero-order valence-electron chi connectivity index (χ0n) is 12.8. The molecule has 0 aliphatic heterocycles. The lowest BCUT2D eigenvalue weighted by molar-refractivity contribution is 0.221. The van der Waals surface area contributed by atoms with Gasteiger partial charge in [0.1, 0.15) is 0 Å². The Kier molecular flexibility index (Phi) is 7.28. The van der Waals surface area contributed by atoms with Crippen LogP contribution < -0.4 is 0 Å². The summed E-state index contributed by atoms with van der Waals surface area (Å²) in [5.74, 6) is 2.58. The lowest BCUT2D eigenvalue weighted by Crippen LogP contribution is -2.43. The monoisotopic (exact) mass is 264 g/mol. The van der Waals surface area contributed by atoms with Gasteiger partial charge >= 0.3 is 0 Å². The zero-order chi connectivity index (χ0) is 14.2. The normalized spacial score (nSPS) is 15.2. The molecule has 0 unspecified atom stereocenters. The number of rotatable bonds is 6. The van der Waals surface area contributed by atoms with Crippen LogP contribution in [0, 0.1) is 12.3 Å². The summed E-state index contributed by atoms with van der Waals surface area (Å²) in [6, 6.07) is 0. The standard InChI is InChI=1S/C16H28OSi/c1-8-10-11-12-13-14-15(9-2)17-18(6,7)16(3,4)5/h1,11-15H,9-10H2,2-7H3/b12-11-,14-13+/t15-/m1/s1. The molecule has 0 rings (SSSR count). The van der Waals surface area contributed by atoms with E-state index in [4.69, 9.17) is 10.8 Å². The smallest absolute Gasteiger partial charge is 0.192 e. The van der Waals surface area contributed by atoms with E-state index in [1.807, 2.05) is 18.2 Å². The summed E-state index contributed by atoms with van der Waals surface area (Å²) in [6.45, 7) is 13.5. The summed E-state index contributed by atoms with van der Waals surface area (Å²) in [5, 5.41) is 0.258. The van der Waals surface area contributed by atoms with E-state index in [9.17, 15) is 0 Å². The molecule has 0 spiro atoms. The SMILES string of the molecule is C#CC/C=C\C=C\[C@@H](CC)O[Si](C)(C)C(C)(C)C. The van der Waals surface area contributed by atoms with E-state index in [1.54, 1.807) is 0 Å². The molecule has 1 nitrogen and oxygen atoms in total. The van der Waals surface area contributed by atoms with Crippen LogP contribution in [0.15, 0.2) is 24.3 Å². The Hall–Kier alpha value is -0.783. The van der Waals surface area contributed by atoms with E-state index in [0.717, 1.165) is 6.42 Å². The Labute approximate surface area is 114 Å². The van der Waals surface area contributed by atoms with Crippen LogP contribution >= 0.6 is 0 Å². The Morgan fingerprint density at radius 2 is 1.89 bits per heavy atom. The van der Waals surface area contributed by atoms with Crippen molar-refractivity contribution in [3.63, 3.8) is 0 Å². The quantitative estimate of drug-likeness (QED) is 0.376. The summed E-state index contributed by atoms with van der Waals surface area (Å²) in [5.41, 5.74) is 0. The zero-order valence-corrected chi connectivity index (χ0v) is 13.8. The van der Waals surface area contributed by atoms with Crippen LogP contribution in [0.2, 0.25) is 18.1 Å². The highest BCUT2D eigenvalue weighted by atomic mass is 28.4. The minimum atomic E-state index is -1.67. The summed E-state index contributed by atoms with van der Waals surface area (Å²) < 4.78 is 6.34. The fourth-order valence-electron chi connectivity index (χ4n) is 1.22. The van der Waals surface area contributed by atoms with Gasteiger partial charge in [-0.05, 0) is 24.6 Å². The molecule has 0 aromatic heterocycles. The molecule has 102 valence electrons. The first-order chi connectivity index (χ1) is 8.24. The van der Waals surface area contributed by atoms with Crippen molar-refractivity contribution in [2.24, 2.45) is 0 Å². The van der Waals surface area contributed by atoms with E-state index in [0.29, 0.717) is 6.42 Å². The van der Waals surface area contributed by atoms with E-state index < -0.39 is 8.32 Å². The van der Waals surface area contributed by atoms with Crippen molar-refractivity contribution < 1.29 is 4.43 Å². The molecular weight excluding hydrogens is 236 g/mol. The lowest BCUT2D eigenvalue weighted by atomic mass is 10.2. The Balaban J connectivity index is 4.50. The van der Waals surface area contributed by atoms with Gasteiger partial charge in [0.25, 0.3) is 0 Å². The summed E-state index contributed by atoms with van der Waals surface area (Å²) in [4.78, 5) is 0. The number of allylic oxidation sites excluding steroid dienone is 3. The molecular formula is C16H28OSi. The molecule has 0 radical (unpaired) electrons. The highest BCUT2D eigenvalue weighted by molar-refractivity contribution is 6.74.